The lowest BCUT2D eigenvalue weighted by atomic mass is 10.2. The van der Waals surface area contributed by atoms with Crippen molar-refractivity contribution in [1.29, 1.82) is 0 Å². The lowest BCUT2D eigenvalue weighted by Crippen LogP contribution is -2.19. The van der Waals surface area contributed by atoms with Crippen molar-refractivity contribution < 1.29 is 9.53 Å². The summed E-state index contributed by atoms with van der Waals surface area (Å²) in [4.78, 5) is 18.7. The summed E-state index contributed by atoms with van der Waals surface area (Å²) in [6.45, 7) is 2.11. The molecule has 2 aromatic heterocycles. The molecule has 1 amide bonds. The van der Waals surface area contributed by atoms with Gasteiger partial charge in [-0.15, -0.1) is 0 Å². The molecule has 7 nitrogen and oxygen atoms in total. The number of anilines is 1. The molecule has 0 saturated carbocycles. The summed E-state index contributed by atoms with van der Waals surface area (Å²) in [7, 11) is 3.96. The molecule has 1 saturated heterocycles. The zero-order valence-electron chi connectivity index (χ0n) is 13.4. The number of amides is 1. The second kappa shape index (κ2) is 6.89. The van der Waals surface area contributed by atoms with Gasteiger partial charge < -0.3 is 15.0 Å². The van der Waals surface area contributed by atoms with E-state index in [1.54, 1.807) is 24.5 Å². The van der Waals surface area contributed by atoms with Crippen molar-refractivity contribution in [2.45, 2.75) is 19.0 Å². The van der Waals surface area contributed by atoms with Crippen LogP contribution in [0.25, 0.3) is 0 Å². The van der Waals surface area contributed by atoms with Crippen molar-refractivity contribution in [3.05, 3.63) is 41.9 Å². The van der Waals surface area contributed by atoms with Gasteiger partial charge in [0.15, 0.2) is 0 Å². The highest BCUT2D eigenvalue weighted by Crippen LogP contribution is 2.22. The number of nitrogens with zero attached hydrogens (tertiary/aromatic N) is 4. The molecule has 1 aliphatic heterocycles. The molecular formula is C16H21N5O2. The van der Waals surface area contributed by atoms with E-state index in [2.05, 4.69) is 15.4 Å². The second-order valence-corrected chi connectivity index (χ2v) is 5.91. The van der Waals surface area contributed by atoms with E-state index in [1.807, 2.05) is 29.7 Å². The Morgan fingerprint density at radius 3 is 2.96 bits per heavy atom. The molecule has 1 N–H and O–H groups in total. The van der Waals surface area contributed by atoms with E-state index in [9.17, 15) is 4.79 Å². The van der Waals surface area contributed by atoms with E-state index in [0.29, 0.717) is 18.0 Å². The minimum atomic E-state index is -0.186. The third-order valence-electron chi connectivity index (χ3n) is 3.73. The van der Waals surface area contributed by atoms with Gasteiger partial charge in [-0.3, -0.25) is 9.78 Å². The molecule has 23 heavy (non-hydrogen) atoms. The topological polar surface area (TPSA) is 72.3 Å². The Morgan fingerprint density at radius 1 is 1.43 bits per heavy atom. The fourth-order valence-corrected chi connectivity index (χ4v) is 2.58. The molecule has 0 aromatic carbocycles. The number of carbonyl (C=O) groups excluding carboxylic acids is 1. The van der Waals surface area contributed by atoms with Crippen LogP contribution < -0.4 is 5.32 Å². The number of ether oxygens (including phenoxy) is 1. The summed E-state index contributed by atoms with van der Waals surface area (Å²) < 4.78 is 7.20. The normalized spacial score (nSPS) is 17.6. The second-order valence-electron chi connectivity index (χ2n) is 5.91. The highest BCUT2D eigenvalue weighted by molar-refractivity contribution is 6.03. The van der Waals surface area contributed by atoms with Crippen molar-refractivity contribution in [3.8, 4) is 0 Å². The van der Waals surface area contributed by atoms with E-state index in [4.69, 9.17) is 4.74 Å². The van der Waals surface area contributed by atoms with Crippen LogP contribution in [0.2, 0.25) is 0 Å². The molecule has 122 valence electrons. The molecule has 1 fully saturated rings. The van der Waals surface area contributed by atoms with Gasteiger partial charge >= 0.3 is 0 Å². The lowest BCUT2D eigenvalue weighted by Gasteiger charge is -2.13. The Balaban J connectivity index is 1.68. The average Bonchev–Trinajstić information content (AvgIpc) is 3.18. The average molecular weight is 315 g/mol. The van der Waals surface area contributed by atoms with Gasteiger partial charge in [-0.1, -0.05) is 0 Å². The first kappa shape index (κ1) is 15.6. The molecule has 3 rings (SSSR count). The zero-order valence-corrected chi connectivity index (χ0v) is 13.4. The molecular weight excluding hydrogens is 294 g/mol. The van der Waals surface area contributed by atoms with Gasteiger partial charge in [0.1, 0.15) is 5.82 Å². The molecule has 0 aliphatic carbocycles. The van der Waals surface area contributed by atoms with Crippen LogP contribution in [0.3, 0.4) is 0 Å². The molecule has 3 heterocycles. The SMILES string of the molecule is CN(C)Cc1ccc(C(=O)Nc2ccnn2C2CCOC2)cn1. The fourth-order valence-electron chi connectivity index (χ4n) is 2.58. The van der Waals surface area contributed by atoms with Gasteiger partial charge in [0.05, 0.1) is 30.1 Å². The molecule has 0 radical (unpaired) electrons. The molecule has 1 atom stereocenters. The third-order valence-corrected chi connectivity index (χ3v) is 3.73. The van der Waals surface area contributed by atoms with E-state index in [-0.39, 0.29) is 11.9 Å². The van der Waals surface area contributed by atoms with E-state index >= 15 is 0 Å². The molecule has 1 unspecified atom stereocenters. The number of carbonyl (C=O) groups is 1. The first-order valence-corrected chi connectivity index (χ1v) is 7.66. The Kier molecular flexibility index (Phi) is 4.68. The van der Waals surface area contributed by atoms with Gasteiger partial charge in [-0.2, -0.15) is 5.10 Å². The largest absolute Gasteiger partial charge is 0.379 e. The van der Waals surface area contributed by atoms with Crippen molar-refractivity contribution in [1.82, 2.24) is 19.7 Å². The van der Waals surface area contributed by atoms with Crippen LogP contribution in [0.15, 0.2) is 30.6 Å². The molecule has 7 heteroatoms. The smallest absolute Gasteiger partial charge is 0.258 e. The molecule has 0 bridgehead atoms. The predicted octanol–water partition coefficient (Wildman–Crippen LogP) is 1.55. The summed E-state index contributed by atoms with van der Waals surface area (Å²) in [6, 6.07) is 5.64. The summed E-state index contributed by atoms with van der Waals surface area (Å²) >= 11 is 0. The van der Waals surface area contributed by atoms with E-state index in [0.717, 1.165) is 25.3 Å². The lowest BCUT2D eigenvalue weighted by molar-refractivity contribution is 0.102. The van der Waals surface area contributed by atoms with Crippen LogP contribution in [0.4, 0.5) is 5.82 Å². The van der Waals surface area contributed by atoms with Crippen molar-refractivity contribution in [2.75, 3.05) is 32.6 Å². The third kappa shape index (κ3) is 3.75. The van der Waals surface area contributed by atoms with Gasteiger partial charge in [0, 0.05) is 25.4 Å². The Morgan fingerprint density at radius 2 is 2.30 bits per heavy atom. The van der Waals surface area contributed by atoms with Crippen LogP contribution >= 0.6 is 0 Å². The summed E-state index contributed by atoms with van der Waals surface area (Å²) in [5.74, 6) is 0.498. The Bertz CT molecular complexity index is 659. The van der Waals surface area contributed by atoms with Crippen LogP contribution in [-0.2, 0) is 11.3 Å². The maximum Gasteiger partial charge on any atom is 0.258 e. The maximum absolute atomic E-state index is 12.4. The van der Waals surface area contributed by atoms with Gasteiger partial charge in [-0.05, 0) is 32.6 Å². The van der Waals surface area contributed by atoms with Gasteiger partial charge in [0.25, 0.3) is 5.91 Å². The van der Waals surface area contributed by atoms with Gasteiger partial charge in [-0.25, -0.2) is 4.68 Å². The monoisotopic (exact) mass is 315 g/mol. The van der Waals surface area contributed by atoms with Crippen LogP contribution in [0.5, 0.6) is 0 Å². The molecule has 2 aromatic rings. The Labute approximate surface area is 135 Å². The fraction of sp³-hybridized carbons (Fsp3) is 0.438. The van der Waals surface area contributed by atoms with Gasteiger partial charge in [0.2, 0.25) is 0 Å². The maximum atomic E-state index is 12.4. The highest BCUT2D eigenvalue weighted by Gasteiger charge is 2.21. The van der Waals surface area contributed by atoms with Crippen LogP contribution in [0.1, 0.15) is 28.5 Å². The van der Waals surface area contributed by atoms with Crippen LogP contribution in [0, 0.1) is 0 Å². The number of rotatable bonds is 5. The minimum absolute atomic E-state index is 0.181. The summed E-state index contributed by atoms with van der Waals surface area (Å²) in [5, 5.41) is 7.19. The van der Waals surface area contributed by atoms with Crippen LogP contribution in [-0.4, -0.2) is 52.9 Å². The number of pyridine rings is 1. The van der Waals surface area contributed by atoms with Crippen molar-refractivity contribution in [3.63, 3.8) is 0 Å². The number of aromatic nitrogens is 3. The standard InChI is InChI=1S/C16H21N5O2/c1-20(2)10-13-4-3-12(9-17-13)16(22)19-15-5-7-18-21(15)14-6-8-23-11-14/h3-5,7,9,14H,6,8,10-11H2,1-2H3,(H,19,22). The number of nitrogens with one attached hydrogen (secondary N) is 1. The number of hydrogen-bond donors (Lipinski definition) is 1. The highest BCUT2D eigenvalue weighted by atomic mass is 16.5. The van der Waals surface area contributed by atoms with E-state index in [1.165, 1.54) is 0 Å². The first-order valence-electron chi connectivity index (χ1n) is 7.66. The first-order chi connectivity index (χ1) is 11.1. The molecule has 1 aliphatic rings. The summed E-state index contributed by atoms with van der Waals surface area (Å²) in [6.07, 6.45) is 4.20. The zero-order chi connectivity index (χ0) is 16.2. The quantitative estimate of drug-likeness (QED) is 0.906. The predicted molar refractivity (Wildman–Crippen MR) is 86.3 cm³/mol. The van der Waals surface area contributed by atoms with Crippen molar-refractivity contribution in [2.24, 2.45) is 0 Å². The summed E-state index contributed by atoms with van der Waals surface area (Å²) in [5.41, 5.74) is 1.46. The van der Waals surface area contributed by atoms with E-state index < -0.39 is 0 Å². The number of hydrogen-bond acceptors (Lipinski definition) is 5. The Hall–Kier alpha value is -2.25. The minimum Gasteiger partial charge on any atom is -0.379 e. The van der Waals surface area contributed by atoms with Crippen molar-refractivity contribution >= 4 is 11.7 Å². The molecule has 0 spiro atoms.